The molecule has 2 heteroatoms. The van der Waals surface area contributed by atoms with Crippen LogP contribution in [0.3, 0.4) is 0 Å². The smallest absolute Gasteiger partial charge is 0.199 e. The van der Waals surface area contributed by atoms with Crippen LogP contribution in [0.4, 0.5) is 11.6 Å². The quantitative estimate of drug-likeness (QED) is 0.694. The van der Waals surface area contributed by atoms with Gasteiger partial charge in [0.05, 0.1) is 6.26 Å². The molecule has 0 fully saturated rings. The first-order valence-electron chi connectivity index (χ1n) is 4.20. The van der Waals surface area contributed by atoms with Gasteiger partial charge in [-0.3, -0.25) is 0 Å². The summed E-state index contributed by atoms with van der Waals surface area (Å²) in [6.07, 6.45) is 1.68. The lowest BCUT2D eigenvalue weighted by molar-refractivity contribution is 0.570. The van der Waals surface area contributed by atoms with Crippen LogP contribution in [-0.4, -0.2) is 7.05 Å². The molecule has 0 aliphatic rings. The summed E-state index contributed by atoms with van der Waals surface area (Å²) in [6.45, 7) is 0. The van der Waals surface area contributed by atoms with Crippen molar-refractivity contribution in [2.45, 2.75) is 0 Å². The zero-order valence-corrected chi connectivity index (χ0v) is 7.47. The van der Waals surface area contributed by atoms with Gasteiger partial charge in [-0.2, -0.15) is 0 Å². The van der Waals surface area contributed by atoms with Crippen molar-refractivity contribution in [1.29, 1.82) is 0 Å². The Morgan fingerprint density at radius 1 is 1.00 bits per heavy atom. The zero-order chi connectivity index (χ0) is 9.10. The van der Waals surface area contributed by atoms with Gasteiger partial charge in [-0.15, -0.1) is 0 Å². The summed E-state index contributed by atoms with van der Waals surface area (Å²) >= 11 is 0. The summed E-state index contributed by atoms with van der Waals surface area (Å²) in [6, 6.07) is 13.9. The van der Waals surface area contributed by atoms with Gasteiger partial charge in [-0.25, -0.2) is 0 Å². The molecule has 0 unspecified atom stereocenters. The molecule has 13 heavy (non-hydrogen) atoms. The molecule has 0 amide bonds. The Bertz CT molecular complexity index is 353. The fourth-order valence-electron chi connectivity index (χ4n) is 1.24. The Hall–Kier alpha value is -1.70. The zero-order valence-electron chi connectivity index (χ0n) is 7.47. The number of nitrogens with zero attached hydrogens (tertiary/aromatic N) is 1. The van der Waals surface area contributed by atoms with Crippen LogP contribution in [-0.2, 0) is 0 Å². The molecule has 0 bridgehead atoms. The Morgan fingerprint density at radius 3 is 2.38 bits per heavy atom. The summed E-state index contributed by atoms with van der Waals surface area (Å²) in [5.41, 5.74) is 1.12. The number of anilines is 2. The molecule has 0 saturated heterocycles. The van der Waals surface area contributed by atoms with E-state index in [0.717, 1.165) is 11.6 Å². The maximum Gasteiger partial charge on any atom is 0.199 e. The lowest BCUT2D eigenvalue weighted by Crippen LogP contribution is -2.07. The van der Waals surface area contributed by atoms with E-state index in [-0.39, 0.29) is 0 Å². The molecule has 0 aliphatic heterocycles. The molecule has 1 aromatic heterocycles. The molecular formula is C11H11NO. The molecule has 1 heterocycles. The van der Waals surface area contributed by atoms with Gasteiger partial charge in [0.15, 0.2) is 5.88 Å². The second-order valence-corrected chi connectivity index (χ2v) is 2.85. The average molecular weight is 173 g/mol. The molecular weight excluding hydrogens is 162 g/mol. The normalized spacial score (nSPS) is 9.92. The predicted molar refractivity (Wildman–Crippen MR) is 53.2 cm³/mol. The third kappa shape index (κ3) is 1.56. The Balaban J connectivity index is 2.29. The van der Waals surface area contributed by atoms with Crippen molar-refractivity contribution < 1.29 is 4.42 Å². The van der Waals surface area contributed by atoms with Gasteiger partial charge in [0.25, 0.3) is 0 Å². The lowest BCUT2D eigenvalue weighted by Gasteiger charge is -2.15. The topological polar surface area (TPSA) is 16.4 Å². The minimum absolute atomic E-state index is 0.853. The highest BCUT2D eigenvalue weighted by Gasteiger charge is 2.03. The third-order valence-corrected chi connectivity index (χ3v) is 1.98. The Kier molecular flexibility index (Phi) is 2.04. The van der Waals surface area contributed by atoms with E-state index in [9.17, 15) is 0 Å². The first kappa shape index (κ1) is 7.92. The van der Waals surface area contributed by atoms with Crippen molar-refractivity contribution in [3.8, 4) is 0 Å². The van der Waals surface area contributed by atoms with Crippen molar-refractivity contribution in [3.05, 3.63) is 48.7 Å². The number of hydrogen-bond acceptors (Lipinski definition) is 2. The molecule has 0 atom stereocenters. The van der Waals surface area contributed by atoms with E-state index in [1.807, 2.05) is 54.4 Å². The highest BCUT2D eigenvalue weighted by atomic mass is 16.3. The maximum atomic E-state index is 5.28. The largest absolute Gasteiger partial charge is 0.448 e. The Labute approximate surface area is 77.4 Å². The minimum Gasteiger partial charge on any atom is -0.448 e. The van der Waals surface area contributed by atoms with Crippen LogP contribution in [0, 0.1) is 0 Å². The molecule has 0 spiro atoms. The highest BCUT2D eigenvalue weighted by Crippen LogP contribution is 2.22. The van der Waals surface area contributed by atoms with Gasteiger partial charge in [0.2, 0.25) is 0 Å². The molecule has 2 rings (SSSR count). The lowest BCUT2D eigenvalue weighted by atomic mass is 10.3. The number of hydrogen-bond donors (Lipinski definition) is 0. The van der Waals surface area contributed by atoms with Crippen LogP contribution < -0.4 is 4.90 Å². The van der Waals surface area contributed by atoms with E-state index in [2.05, 4.69) is 0 Å². The van der Waals surface area contributed by atoms with Gasteiger partial charge in [-0.05, 0) is 18.2 Å². The fourth-order valence-corrected chi connectivity index (χ4v) is 1.24. The summed E-state index contributed by atoms with van der Waals surface area (Å²) in [5, 5.41) is 0. The van der Waals surface area contributed by atoms with E-state index >= 15 is 0 Å². The van der Waals surface area contributed by atoms with Crippen LogP contribution in [0.1, 0.15) is 0 Å². The average Bonchev–Trinajstić information content (AvgIpc) is 2.71. The molecule has 66 valence electrons. The van der Waals surface area contributed by atoms with Crippen molar-refractivity contribution in [1.82, 2.24) is 0 Å². The molecule has 0 N–H and O–H groups in total. The summed E-state index contributed by atoms with van der Waals surface area (Å²) in [7, 11) is 1.98. The second-order valence-electron chi connectivity index (χ2n) is 2.85. The van der Waals surface area contributed by atoms with Crippen LogP contribution in [0.5, 0.6) is 0 Å². The molecule has 2 aromatic rings. The predicted octanol–water partition coefficient (Wildman–Crippen LogP) is 3.05. The third-order valence-electron chi connectivity index (χ3n) is 1.98. The van der Waals surface area contributed by atoms with Gasteiger partial charge < -0.3 is 9.32 Å². The van der Waals surface area contributed by atoms with Crippen LogP contribution in [0.2, 0.25) is 0 Å². The molecule has 1 aromatic carbocycles. The second kappa shape index (κ2) is 3.35. The number of benzene rings is 1. The first-order chi connectivity index (χ1) is 6.38. The van der Waals surface area contributed by atoms with Crippen molar-refractivity contribution in [2.24, 2.45) is 0 Å². The van der Waals surface area contributed by atoms with Crippen molar-refractivity contribution in [2.75, 3.05) is 11.9 Å². The number of rotatable bonds is 2. The van der Waals surface area contributed by atoms with Crippen LogP contribution in [0.25, 0.3) is 0 Å². The van der Waals surface area contributed by atoms with Crippen LogP contribution in [0.15, 0.2) is 53.1 Å². The van der Waals surface area contributed by atoms with Crippen molar-refractivity contribution >= 4 is 11.6 Å². The van der Waals surface area contributed by atoms with Gasteiger partial charge in [-0.1, -0.05) is 18.2 Å². The van der Waals surface area contributed by atoms with E-state index in [1.165, 1.54) is 0 Å². The van der Waals surface area contributed by atoms with Gasteiger partial charge in [0, 0.05) is 18.8 Å². The summed E-state index contributed by atoms with van der Waals surface area (Å²) < 4.78 is 5.28. The van der Waals surface area contributed by atoms with E-state index in [4.69, 9.17) is 4.42 Å². The van der Waals surface area contributed by atoms with E-state index in [1.54, 1.807) is 6.26 Å². The van der Waals surface area contributed by atoms with Gasteiger partial charge in [0.1, 0.15) is 0 Å². The number of furan rings is 1. The SMILES string of the molecule is CN(c1ccccc1)c1ccco1. The maximum absolute atomic E-state index is 5.28. The number of para-hydroxylation sites is 1. The van der Waals surface area contributed by atoms with Crippen LogP contribution >= 0.6 is 0 Å². The first-order valence-corrected chi connectivity index (χ1v) is 4.20. The monoisotopic (exact) mass is 173 g/mol. The summed E-state index contributed by atoms with van der Waals surface area (Å²) in [5.74, 6) is 0.853. The standard InChI is InChI=1S/C11H11NO/c1-12(11-8-5-9-13-11)10-6-3-2-4-7-10/h2-9H,1H3. The minimum atomic E-state index is 0.853. The molecule has 0 saturated carbocycles. The molecule has 0 radical (unpaired) electrons. The van der Waals surface area contributed by atoms with Gasteiger partial charge >= 0.3 is 0 Å². The van der Waals surface area contributed by atoms with E-state index < -0.39 is 0 Å². The Morgan fingerprint density at radius 2 is 1.77 bits per heavy atom. The van der Waals surface area contributed by atoms with E-state index in [0.29, 0.717) is 0 Å². The molecule has 2 nitrogen and oxygen atoms in total. The molecule has 0 aliphatic carbocycles. The summed E-state index contributed by atoms with van der Waals surface area (Å²) in [4.78, 5) is 2.00. The highest BCUT2D eigenvalue weighted by molar-refractivity contribution is 5.57. The van der Waals surface area contributed by atoms with Crippen molar-refractivity contribution in [3.63, 3.8) is 0 Å². The fraction of sp³-hybridized carbons (Fsp3) is 0.0909.